The van der Waals surface area contributed by atoms with Gasteiger partial charge in [-0.25, -0.2) is 0 Å². The molecule has 0 aromatic rings. The molecule has 4 atom stereocenters. The summed E-state index contributed by atoms with van der Waals surface area (Å²) < 4.78 is 4.79. The fraction of sp³-hybridized carbons (Fsp3) is 0.769. The average molecular weight is 241 g/mol. The molecule has 1 aliphatic heterocycles. The molecule has 0 aromatic heterocycles. The van der Waals surface area contributed by atoms with E-state index in [4.69, 9.17) is 4.74 Å². The van der Waals surface area contributed by atoms with Crippen molar-refractivity contribution in [3.05, 3.63) is 12.7 Å². The smallest absolute Gasteiger partial charge is 0.323 e. The fourth-order valence-corrected chi connectivity index (χ4v) is 2.44. The number of rotatable bonds is 5. The van der Waals surface area contributed by atoms with Gasteiger partial charge in [-0.05, 0) is 19.3 Å². The second kappa shape index (κ2) is 6.17. The molecule has 1 fully saturated rings. The molecule has 0 unspecified atom stereocenters. The first-order valence-corrected chi connectivity index (χ1v) is 6.13. The molecule has 4 nitrogen and oxygen atoms in total. The van der Waals surface area contributed by atoms with E-state index in [-0.39, 0.29) is 18.1 Å². The van der Waals surface area contributed by atoms with Gasteiger partial charge in [-0.1, -0.05) is 13.0 Å². The van der Waals surface area contributed by atoms with Gasteiger partial charge in [0, 0.05) is 19.0 Å². The van der Waals surface area contributed by atoms with Crippen LogP contribution in [-0.2, 0) is 9.53 Å². The number of aliphatic hydroxyl groups is 1. The minimum atomic E-state index is -0.433. The Morgan fingerprint density at radius 1 is 1.65 bits per heavy atom. The number of ether oxygens (including phenoxy) is 1. The molecule has 1 saturated heterocycles. The van der Waals surface area contributed by atoms with Crippen molar-refractivity contribution in [3.8, 4) is 0 Å². The van der Waals surface area contributed by atoms with Crippen LogP contribution in [0.4, 0.5) is 0 Å². The van der Waals surface area contributed by atoms with Crippen LogP contribution in [0.15, 0.2) is 12.7 Å². The first kappa shape index (κ1) is 14.2. The minimum Gasteiger partial charge on any atom is -0.468 e. The molecule has 0 saturated carbocycles. The minimum absolute atomic E-state index is 0.231. The summed E-state index contributed by atoms with van der Waals surface area (Å²) in [5.41, 5.74) is 0. The van der Waals surface area contributed by atoms with E-state index in [1.54, 1.807) is 0 Å². The van der Waals surface area contributed by atoms with Gasteiger partial charge in [0.15, 0.2) is 0 Å². The highest BCUT2D eigenvalue weighted by Crippen LogP contribution is 2.26. The number of carbonyl (C=O) groups excluding carboxylic acids is 1. The highest BCUT2D eigenvalue weighted by Gasteiger charge is 2.40. The first-order valence-electron chi connectivity index (χ1n) is 6.13. The van der Waals surface area contributed by atoms with Crippen molar-refractivity contribution in [3.63, 3.8) is 0 Å². The largest absolute Gasteiger partial charge is 0.468 e. The molecule has 0 aromatic carbocycles. The Hall–Kier alpha value is -0.870. The third-order valence-corrected chi connectivity index (χ3v) is 3.68. The zero-order chi connectivity index (χ0) is 13.0. The number of β-amino-alcohol motifs (C(OH)–C–C–N with tert-alkyl or cyclic N) is 1. The van der Waals surface area contributed by atoms with Gasteiger partial charge in [0.2, 0.25) is 0 Å². The SMILES string of the molecule is C=CC[C@H](C)[C@@H](C)N1C[C@H](O)C[C@H]1C(=O)OC. The third kappa shape index (κ3) is 3.30. The summed E-state index contributed by atoms with van der Waals surface area (Å²) in [6, 6.07) is -0.0773. The van der Waals surface area contributed by atoms with Crippen molar-refractivity contribution < 1.29 is 14.6 Å². The predicted molar refractivity (Wildman–Crippen MR) is 66.6 cm³/mol. The summed E-state index contributed by atoms with van der Waals surface area (Å²) in [4.78, 5) is 13.7. The van der Waals surface area contributed by atoms with E-state index >= 15 is 0 Å². The Morgan fingerprint density at radius 2 is 2.29 bits per heavy atom. The molecule has 0 spiro atoms. The molecule has 0 radical (unpaired) electrons. The monoisotopic (exact) mass is 241 g/mol. The van der Waals surface area contributed by atoms with Gasteiger partial charge in [-0.15, -0.1) is 6.58 Å². The molecule has 1 N–H and O–H groups in total. The number of nitrogens with zero attached hydrogens (tertiary/aromatic N) is 1. The molecule has 0 aliphatic carbocycles. The number of aliphatic hydroxyl groups excluding tert-OH is 1. The Bertz CT molecular complexity index is 280. The molecule has 17 heavy (non-hydrogen) atoms. The summed E-state index contributed by atoms with van der Waals surface area (Å²) in [6.45, 7) is 8.50. The highest BCUT2D eigenvalue weighted by atomic mass is 16.5. The molecule has 0 amide bonds. The van der Waals surface area contributed by atoms with E-state index in [0.29, 0.717) is 18.9 Å². The van der Waals surface area contributed by atoms with Crippen molar-refractivity contribution in [1.82, 2.24) is 4.90 Å². The van der Waals surface area contributed by atoms with Crippen LogP contribution in [0.5, 0.6) is 0 Å². The van der Waals surface area contributed by atoms with Gasteiger partial charge in [0.1, 0.15) is 6.04 Å². The summed E-state index contributed by atoms with van der Waals surface area (Å²) >= 11 is 0. The van der Waals surface area contributed by atoms with E-state index < -0.39 is 6.10 Å². The number of methoxy groups -OCH3 is 1. The van der Waals surface area contributed by atoms with Gasteiger partial charge in [-0.2, -0.15) is 0 Å². The van der Waals surface area contributed by atoms with Crippen LogP contribution >= 0.6 is 0 Å². The lowest BCUT2D eigenvalue weighted by molar-refractivity contribution is -0.146. The maximum absolute atomic E-state index is 11.7. The van der Waals surface area contributed by atoms with Crippen molar-refractivity contribution >= 4 is 5.97 Å². The number of allylic oxidation sites excluding steroid dienone is 1. The molecule has 1 heterocycles. The van der Waals surface area contributed by atoms with Crippen molar-refractivity contribution in [2.24, 2.45) is 5.92 Å². The van der Waals surface area contributed by atoms with E-state index in [2.05, 4.69) is 20.4 Å². The van der Waals surface area contributed by atoms with Crippen molar-refractivity contribution in [1.29, 1.82) is 0 Å². The van der Waals surface area contributed by atoms with Crippen LogP contribution in [-0.4, -0.2) is 47.8 Å². The average Bonchev–Trinajstić information content (AvgIpc) is 2.69. The summed E-state index contributed by atoms with van der Waals surface area (Å²) in [6.07, 6.45) is 2.83. The summed E-state index contributed by atoms with van der Waals surface area (Å²) in [5, 5.41) is 9.71. The molecule has 0 bridgehead atoms. The quantitative estimate of drug-likeness (QED) is 0.580. The maximum atomic E-state index is 11.7. The van der Waals surface area contributed by atoms with E-state index in [0.717, 1.165) is 6.42 Å². The molecule has 1 rings (SSSR count). The standard InChI is InChI=1S/C13H23NO3/c1-5-6-9(2)10(3)14-8-11(15)7-12(14)13(16)17-4/h5,9-12,15H,1,6-8H2,2-4H3/t9-,10+,11+,12-/m0/s1. The van der Waals surface area contributed by atoms with E-state index in [1.165, 1.54) is 7.11 Å². The fourth-order valence-electron chi connectivity index (χ4n) is 2.44. The lowest BCUT2D eigenvalue weighted by Gasteiger charge is -2.32. The van der Waals surface area contributed by atoms with E-state index in [1.807, 2.05) is 11.0 Å². The Kier molecular flexibility index (Phi) is 5.15. The topological polar surface area (TPSA) is 49.8 Å². The highest BCUT2D eigenvalue weighted by molar-refractivity contribution is 5.76. The molecule has 98 valence electrons. The summed E-state index contributed by atoms with van der Waals surface area (Å²) in [7, 11) is 1.39. The number of hydrogen-bond acceptors (Lipinski definition) is 4. The van der Waals surface area contributed by atoms with Gasteiger partial charge < -0.3 is 9.84 Å². The molecule has 1 aliphatic rings. The van der Waals surface area contributed by atoms with Gasteiger partial charge in [0.25, 0.3) is 0 Å². The van der Waals surface area contributed by atoms with Gasteiger partial charge >= 0.3 is 5.97 Å². The normalized spacial score (nSPS) is 28.7. The van der Waals surface area contributed by atoms with Crippen LogP contribution in [0, 0.1) is 5.92 Å². The number of esters is 1. The zero-order valence-electron chi connectivity index (χ0n) is 10.9. The van der Waals surface area contributed by atoms with Crippen molar-refractivity contribution in [2.45, 2.75) is 44.9 Å². The van der Waals surface area contributed by atoms with Gasteiger partial charge in [-0.3, -0.25) is 9.69 Å². The number of likely N-dealkylation sites (tertiary alicyclic amines) is 1. The maximum Gasteiger partial charge on any atom is 0.323 e. The van der Waals surface area contributed by atoms with Gasteiger partial charge in [0.05, 0.1) is 13.2 Å². The van der Waals surface area contributed by atoms with Crippen LogP contribution < -0.4 is 0 Å². The third-order valence-electron chi connectivity index (χ3n) is 3.68. The second-order valence-corrected chi connectivity index (χ2v) is 4.87. The van der Waals surface area contributed by atoms with Crippen LogP contribution in [0.25, 0.3) is 0 Å². The first-order chi connectivity index (χ1) is 8.01. The lowest BCUT2D eigenvalue weighted by atomic mass is 9.98. The van der Waals surface area contributed by atoms with Crippen LogP contribution in [0.2, 0.25) is 0 Å². The predicted octanol–water partition coefficient (Wildman–Crippen LogP) is 1.20. The van der Waals surface area contributed by atoms with Crippen LogP contribution in [0.1, 0.15) is 26.7 Å². The summed E-state index contributed by atoms with van der Waals surface area (Å²) in [5.74, 6) is 0.157. The van der Waals surface area contributed by atoms with E-state index in [9.17, 15) is 9.90 Å². The molecular formula is C13H23NO3. The molecule has 4 heteroatoms. The number of carbonyl (C=O) groups is 1. The Labute approximate surface area is 103 Å². The Balaban J connectivity index is 2.72. The number of hydrogen-bond donors (Lipinski definition) is 1. The lowest BCUT2D eigenvalue weighted by Crippen LogP contribution is -2.45. The Morgan fingerprint density at radius 3 is 2.82 bits per heavy atom. The second-order valence-electron chi connectivity index (χ2n) is 4.87. The zero-order valence-corrected chi connectivity index (χ0v) is 10.9. The molecular weight excluding hydrogens is 218 g/mol. The van der Waals surface area contributed by atoms with Crippen LogP contribution in [0.3, 0.4) is 0 Å². The van der Waals surface area contributed by atoms with Crippen molar-refractivity contribution in [2.75, 3.05) is 13.7 Å².